The largest absolute Gasteiger partial charge is 0.490 e. The highest BCUT2D eigenvalue weighted by molar-refractivity contribution is 6.02. The molecule has 9 nitrogen and oxygen atoms in total. The number of para-hydroxylation sites is 1. The molecule has 1 saturated heterocycles. The average Bonchev–Trinajstić information content (AvgIpc) is 2.93. The van der Waals surface area contributed by atoms with Crippen molar-refractivity contribution in [2.45, 2.75) is 32.6 Å². The first-order valence-corrected chi connectivity index (χ1v) is 12.3. The van der Waals surface area contributed by atoms with Crippen LogP contribution in [0.5, 0.6) is 0 Å². The van der Waals surface area contributed by atoms with E-state index < -0.39 is 48.1 Å². The first-order chi connectivity index (χ1) is 19.9. The molecule has 2 amide bonds. The van der Waals surface area contributed by atoms with E-state index in [0.29, 0.717) is 22.4 Å². The molecule has 2 aromatic carbocycles. The highest BCUT2D eigenvalue weighted by atomic mass is 19.4. The van der Waals surface area contributed by atoms with Crippen LogP contribution >= 0.6 is 0 Å². The Labute approximate surface area is 238 Å². The maximum absolute atomic E-state index is 14.6. The fraction of sp³-hybridized carbons (Fsp3) is 0.296. The molecule has 1 fully saturated rings. The monoisotopic (exact) mass is 616 g/mol. The van der Waals surface area contributed by atoms with Gasteiger partial charge in [-0.15, -0.1) is 0 Å². The van der Waals surface area contributed by atoms with Gasteiger partial charge in [0.1, 0.15) is 12.4 Å². The molecule has 1 aliphatic heterocycles. The molecule has 0 aliphatic carbocycles. The smallest absolute Gasteiger partial charge is 0.475 e. The Bertz CT molecular complexity index is 1600. The van der Waals surface area contributed by atoms with E-state index >= 15 is 0 Å². The number of anilines is 1. The number of hydrogen-bond acceptors (Lipinski definition) is 5. The predicted molar refractivity (Wildman–Crippen MR) is 137 cm³/mol. The fourth-order valence-electron chi connectivity index (χ4n) is 4.10. The second-order valence-electron chi connectivity index (χ2n) is 9.33. The maximum Gasteiger partial charge on any atom is 0.490 e. The number of amides is 2. The standard InChI is InChI=1S/C25H22F4N4O3.C2HF3O2/c1-14-15(2)23(35)31-30-20(14)12-16-7-8-19(26)17(11-16)24(36)32-9-10-33(22(34)13-32)21-6-4-3-5-18(21)25(27,28)29;3-2(4,5)1(6)7/h3-8,11H,9-10,12-13H2,1-2H3,(H,31,35);(H,6,7). The lowest BCUT2D eigenvalue weighted by atomic mass is 10.0. The zero-order valence-corrected chi connectivity index (χ0v) is 22.4. The summed E-state index contributed by atoms with van der Waals surface area (Å²) in [6.07, 6.45) is -9.50. The first-order valence-electron chi connectivity index (χ1n) is 12.3. The van der Waals surface area contributed by atoms with Crippen molar-refractivity contribution in [3.8, 4) is 0 Å². The molecule has 0 saturated carbocycles. The van der Waals surface area contributed by atoms with E-state index in [9.17, 15) is 45.1 Å². The maximum atomic E-state index is 14.6. The van der Waals surface area contributed by atoms with Crippen molar-refractivity contribution in [2.75, 3.05) is 24.5 Å². The Balaban J connectivity index is 0.000000646. The summed E-state index contributed by atoms with van der Waals surface area (Å²) >= 11 is 0. The van der Waals surface area contributed by atoms with Gasteiger partial charge in [0.2, 0.25) is 5.91 Å². The van der Waals surface area contributed by atoms with Gasteiger partial charge in [-0.3, -0.25) is 14.4 Å². The number of H-pyrrole nitrogens is 1. The molecule has 3 aromatic rings. The van der Waals surface area contributed by atoms with Crippen LogP contribution in [-0.2, 0) is 22.2 Å². The average molecular weight is 616 g/mol. The second kappa shape index (κ2) is 12.6. The summed E-state index contributed by atoms with van der Waals surface area (Å²) in [5, 5.41) is 13.6. The highest BCUT2D eigenvalue weighted by Crippen LogP contribution is 2.37. The van der Waals surface area contributed by atoms with Crippen molar-refractivity contribution < 1.29 is 50.2 Å². The fourth-order valence-corrected chi connectivity index (χ4v) is 4.10. The molecule has 16 heteroatoms. The molecule has 2 heterocycles. The first kappa shape index (κ1) is 32.8. The molecular formula is C27H23F7N4O5. The zero-order chi connectivity index (χ0) is 32.3. The van der Waals surface area contributed by atoms with Crippen molar-refractivity contribution in [1.82, 2.24) is 15.1 Å². The number of carboxylic acids is 1. The highest BCUT2D eigenvalue weighted by Gasteiger charge is 2.39. The predicted octanol–water partition coefficient (Wildman–Crippen LogP) is 4.26. The van der Waals surface area contributed by atoms with Crippen LogP contribution in [-0.4, -0.2) is 63.8 Å². The number of halogens is 7. The third-order valence-electron chi connectivity index (χ3n) is 6.51. The van der Waals surface area contributed by atoms with Gasteiger partial charge in [0, 0.05) is 25.1 Å². The Morgan fingerprint density at radius 3 is 2.19 bits per heavy atom. The number of nitrogens with zero attached hydrogens (tertiary/aromatic N) is 3. The number of alkyl halides is 6. The van der Waals surface area contributed by atoms with E-state index in [1.54, 1.807) is 13.8 Å². The zero-order valence-electron chi connectivity index (χ0n) is 22.4. The van der Waals surface area contributed by atoms with Gasteiger partial charge < -0.3 is 14.9 Å². The second-order valence-corrected chi connectivity index (χ2v) is 9.33. The molecule has 0 atom stereocenters. The molecule has 0 radical (unpaired) electrons. The molecule has 2 N–H and O–H groups in total. The Morgan fingerprint density at radius 2 is 1.60 bits per heavy atom. The number of carbonyl (C=O) groups excluding carboxylic acids is 2. The normalized spacial score (nSPS) is 13.8. The Kier molecular flexibility index (Phi) is 9.62. The van der Waals surface area contributed by atoms with E-state index in [2.05, 4.69) is 10.2 Å². The van der Waals surface area contributed by atoms with E-state index in [0.717, 1.165) is 21.9 Å². The van der Waals surface area contributed by atoms with Crippen molar-refractivity contribution in [3.05, 3.63) is 92.1 Å². The minimum Gasteiger partial charge on any atom is -0.475 e. The molecule has 43 heavy (non-hydrogen) atoms. The number of benzene rings is 2. The lowest BCUT2D eigenvalue weighted by molar-refractivity contribution is -0.192. The quantitative estimate of drug-likeness (QED) is 0.423. The Hall–Kier alpha value is -4.76. The molecule has 1 aliphatic rings. The third kappa shape index (κ3) is 7.75. The molecule has 0 unspecified atom stereocenters. The van der Waals surface area contributed by atoms with Crippen LogP contribution < -0.4 is 10.5 Å². The van der Waals surface area contributed by atoms with Crippen molar-refractivity contribution in [2.24, 2.45) is 0 Å². The number of aromatic nitrogens is 2. The molecule has 4 rings (SSSR count). The number of aliphatic carboxylic acids is 1. The SMILES string of the molecule is Cc1c(Cc2ccc(F)c(C(=O)N3CCN(c4ccccc4C(F)(F)F)C(=O)C3)c2)n[nH]c(=O)c1C.O=C(O)C(F)(F)F. The van der Waals surface area contributed by atoms with Crippen molar-refractivity contribution in [3.63, 3.8) is 0 Å². The Morgan fingerprint density at radius 1 is 0.977 bits per heavy atom. The minimum atomic E-state index is -5.08. The summed E-state index contributed by atoms with van der Waals surface area (Å²) in [6, 6.07) is 8.71. The summed E-state index contributed by atoms with van der Waals surface area (Å²) in [5.74, 6) is -4.99. The van der Waals surface area contributed by atoms with E-state index in [1.165, 1.54) is 30.3 Å². The number of carboxylic acid groups (broad SMARTS) is 1. The summed E-state index contributed by atoms with van der Waals surface area (Å²) in [5.41, 5.74) is 0.498. The lowest BCUT2D eigenvalue weighted by Gasteiger charge is -2.35. The van der Waals surface area contributed by atoms with Gasteiger partial charge in [0.05, 0.1) is 22.5 Å². The summed E-state index contributed by atoms with van der Waals surface area (Å²) in [4.78, 5) is 48.5. The van der Waals surface area contributed by atoms with Crippen LogP contribution in [0.1, 0.15) is 38.3 Å². The number of piperazine rings is 1. The van der Waals surface area contributed by atoms with Crippen LogP contribution in [0, 0.1) is 19.7 Å². The van der Waals surface area contributed by atoms with Crippen LogP contribution in [0.4, 0.5) is 36.4 Å². The van der Waals surface area contributed by atoms with Gasteiger partial charge in [-0.1, -0.05) is 18.2 Å². The van der Waals surface area contributed by atoms with Gasteiger partial charge in [-0.2, -0.15) is 31.4 Å². The van der Waals surface area contributed by atoms with Crippen LogP contribution in [0.15, 0.2) is 47.3 Å². The van der Waals surface area contributed by atoms with Crippen LogP contribution in [0.25, 0.3) is 0 Å². The van der Waals surface area contributed by atoms with Gasteiger partial charge in [-0.25, -0.2) is 14.3 Å². The van der Waals surface area contributed by atoms with E-state index in [4.69, 9.17) is 9.90 Å². The summed E-state index contributed by atoms with van der Waals surface area (Å²) < 4.78 is 86.5. The molecule has 230 valence electrons. The molecular weight excluding hydrogens is 593 g/mol. The van der Waals surface area contributed by atoms with Crippen LogP contribution in [0.2, 0.25) is 0 Å². The lowest BCUT2D eigenvalue weighted by Crippen LogP contribution is -2.53. The third-order valence-corrected chi connectivity index (χ3v) is 6.51. The van der Waals surface area contributed by atoms with Gasteiger partial charge >= 0.3 is 18.3 Å². The van der Waals surface area contributed by atoms with E-state index in [-0.39, 0.29) is 36.3 Å². The molecule has 0 bridgehead atoms. The topological polar surface area (TPSA) is 124 Å². The minimum absolute atomic E-state index is 0.0692. The van der Waals surface area contributed by atoms with E-state index in [1.807, 2.05) is 0 Å². The van der Waals surface area contributed by atoms with Crippen molar-refractivity contribution >= 4 is 23.5 Å². The van der Waals surface area contributed by atoms with Crippen molar-refractivity contribution in [1.29, 1.82) is 0 Å². The van der Waals surface area contributed by atoms with Gasteiger partial charge in [0.25, 0.3) is 11.5 Å². The number of rotatable bonds is 4. The van der Waals surface area contributed by atoms with Crippen LogP contribution in [0.3, 0.4) is 0 Å². The number of nitrogens with one attached hydrogen (secondary N) is 1. The molecule has 0 spiro atoms. The van der Waals surface area contributed by atoms with Gasteiger partial charge in [0.15, 0.2) is 0 Å². The number of aromatic amines is 1. The van der Waals surface area contributed by atoms with Gasteiger partial charge in [-0.05, 0) is 49.2 Å². The summed E-state index contributed by atoms with van der Waals surface area (Å²) in [6.45, 7) is 2.67. The molecule has 1 aromatic heterocycles. The number of hydrogen-bond donors (Lipinski definition) is 2. The number of carbonyl (C=O) groups is 3. The summed E-state index contributed by atoms with van der Waals surface area (Å²) in [7, 11) is 0.